The van der Waals surface area contributed by atoms with E-state index in [0.29, 0.717) is 0 Å². The van der Waals surface area contributed by atoms with E-state index in [0.717, 1.165) is 53.2 Å². The Bertz CT molecular complexity index is 2630. The number of benzene rings is 6. The van der Waals surface area contributed by atoms with Gasteiger partial charge in [0.05, 0.1) is 23.0 Å². The minimum Gasteiger partial charge on any atom is -0.232 e. The largest absolute Gasteiger partial charge is 0.232 e. The van der Waals surface area contributed by atoms with Crippen LogP contribution in [0.2, 0.25) is 0 Å². The highest BCUT2D eigenvalue weighted by Gasteiger charge is 2.44. The summed E-state index contributed by atoms with van der Waals surface area (Å²) < 4.78 is 0. The Hall–Kier alpha value is -6.63. The van der Waals surface area contributed by atoms with Crippen molar-refractivity contribution in [2.24, 2.45) is 0 Å². The summed E-state index contributed by atoms with van der Waals surface area (Å²) in [7, 11) is 0. The molecule has 1 unspecified atom stereocenters. The molecule has 1 atom stereocenters. The third kappa shape index (κ3) is 5.99. The molecule has 1 saturated carbocycles. The Morgan fingerprint density at radius 1 is 0.554 bits per heavy atom. The zero-order valence-electron chi connectivity index (χ0n) is 31.3. The fraction of sp³-hybridized carbons (Fsp3) is 0.151. The van der Waals surface area contributed by atoms with Crippen LogP contribution in [0.5, 0.6) is 0 Å². The van der Waals surface area contributed by atoms with Crippen molar-refractivity contribution in [1.29, 1.82) is 5.26 Å². The van der Waals surface area contributed by atoms with E-state index < -0.39 is 0 Å². The normalized spacial score (nSPS) is 16.5. The van der Waals surface area contributed by atoms with Crippen LogP contribution in [0.15, 0.2) is 170 Å². The molecule has 0 aliphatic heterocycles. The minimum atomic E-state index is 0.0133. The van der Waals surface area contributed by atoms with Crippen LogP contribution in [0.25, 0.3) is 61.6 Å². The van der Waals surface area contributed by atoms with Crippen LogP contribution in [0, 0.1) is 11.3 Å². The molecule has 6 aromatic carbocycles. The van der Waals surface area contributed by atoms with Gasteiger partial charge in [-0.15, -0.1) is 0 Å². The predicted molar refractivity (Wildman–Crippen MR) is 229 cm³/mol. The van der Waals surface area contributed by atoms with E-state index >= 15 is 0 Å². The molecular formula is C53H41N3. The van der Waals surface area contributed by atoms with Crippen molar-refractivity contribution >= 4 is 5.57 Å². The lowest BCUT2D eigenvalue weighted by Gasteiger charge is -2.36. The average Bonchev–Trinajstić information content (AvgIpc) is 3.55. The molecule has 268 valence electrons. The molecule has 1 heterocycles. The highest BCUT2D eigenvalue weighted by molar-refractivity contribution is 5.93. The number of rotatable bonds is 6. The van der Waals surface area contributed by atoms with Crippen molar-refractivity contribution in [2.75, 3.05) is 0 Å². The summed E-state index contributed by atoms with van der Waals surface area (Å²) in [6.45, 7) is 0. The number of allylic oxidation sites excluding steroid dienone is 4. The summed E-state index contributed by atoms with van der Waals surface area (Å²) >= 11 is 0. The van der Waals surface area contributed by atoms with E-state index in [1.54, 1.807) is 0 Å². The fourth-order valence-electron chi connectivity index (χ4n) is 9.45. The SMILES string of the molecule is N#Cc1ccc2c(c1)C1(CCCCC1)c1cccc(-c3ccc(-c4cccc(C5=CCC(c6cc(-c7ccccc7)nc(-c7ccccc7)n6)C=C5)c4)cc3)c1-2. The first-order valence-corrected chi connectivity index (χ1v) is 19.9. The molecule has 0 amide bonds. The maximum absolute atomic E-state index is 9.79. The molecule has 10 rings (SSSR count). The highest BCUT2D eigenvalue weighted by atomic mass is 14.9. The van der Waals surface area contributed by atoms with Gasteiger partial charge in [-0.3, -0.25) is 0 Å². The second-order valence-electron chi connectivity index (χ2n) is 15.5. The average molecular weight is 720 g/mol. The molecule has 1 spiro atoms. The van der Waals surface area contributed by atoms with Crippen LogP contribution >= 0.6 is 0 Å². The van der Waals surface area contributed by atoms with E-state index in [4.69, 9.17) is 9.97 Å². The molecule has 0 bridgehead atoms. The molecule has 3 nitrogen and oxygen atoms in total. The Kier molecular flexibility index (Phi) is 8.61. The van der Waals surface area contributed by atoms with Gasteiger partial charge in [-0.1, -0.05) is 165 Å². The van der Waals surface area contributed by atoms with E-state index in [1.807, 2.05) is 30.3 Å². The first kappa shape index (κ1) is 33.9. The molecule has 0 saturated heterocycles. The molecule has 0 radical (unpaired) electrons. The minimum absolute atomic E-state index is 0.0133. The summed E-state index contributed by atoms with van der Waals surface area (Å²) in [4.78, 5) is 10.1. The van der Waals surface area contributed by atoms with Crippen LogP contribution in [-0.4, -0.2) is 9.97 Å². The predicted octanol–water partition coefficient (Wildman–Crippen LogP) is 13.4. The highest BCUT2D eigenvalue weighted by Crippen LogP contribution is 2.58. The first-order chi connectivity index (χ1) is 27.7. The maximum atomic E-state index is 9.79. The number of nitriles is 1. The second kappa shape index (κ2) is 14.2. The Balaban J connectivity index is 0.923. The van der Waals surface area contributed by atoms with E-state index in [1.165, 1.54) is 74.9 Å². The lowest BCUT2D eigenvalue weighted by molar-refractivity contribution is 0.353. The van der Waals surface area contributed by atoms with Crippen LogP contribution < -0.4 is 0 Å². The third-order valence-corrected chi connectivity index (χ3v) is 12.3. The quantitative estimate of drug-likeness (QED) is 0.172. The monoisotopic (exact) mass is 719 g/mol. The van der Waals surface area contributed by atoms with Crippen molar-refractivity contribution in [2.45, 2.75) is 49.9 Å². The number of fused-ring (bicyclic) bond motifs is 5. The van der Waals surface area contributed by atoms with Crippen molar-refractivity contribution in [1.82, 2.24) is 9.97 Å². The molecule has 1 aromatic heterocycles. The van der Waals surface area contributed by atoms with Gasteiger partial charge >= 0.3 is 0 Å². The summed E-state index contributed by atoms with van der Waals surface area (Å²) in [5, 5.41) is 9.79. The van der Waals surface area contributed by atoms with Gasteiger partial charge in [0.2, 0.25) is 0 Å². The van der Waals surface area contributed by atoms with Gasteiger partial charge in [0.15, 0.2) is 5.82 Å². The van der Waals surface area contributed by atoms with Crippen molar-refractivity contribution in [3.63, 3.8) is 0 Å². The first-order valence-electron chi connectivity index (χ1n) is 19.9. The smallest absolute Gasteiger partial charge is 0.160 e. The van der Waals surface area contributed by atoms with Crippen molar-refractivity contribution in [3.05, 3.63) is 198 Å². The Labute approximate surface area is 329 Å². The van der Waals surface area contributed by atoms with Gasteiger partial charge in [0, 0.05) is 22.5 Å². The summed E-state index contributed by atoms with van der Waals surface area (Å²) in [6.07, 6.45) is 13.8. The third-order valence-electron chi connectivity index (χ3n) is 12.3. The van der Waals surface area contributed by atoms with Crippen LogP contribution in [0.1, 0.15) is 72.4 Å². The van der Waals surface area contributed by atoms with Crippen LogP contribution in [0.3, 0.4) is 0 Å². The van der Waals surface area contributed by atoms with Gasteiger partial charge in [0.25, 0.3) is 0 Å². The summed E-state index contributed by atoms with van der Waals surface area (Å²) in [6, 6.07) is 56.5. The van der Waals surface area contributed by atoms with E-state index in [9.17, 15) is 5.26 Å². The van der Waals surface area contributed by atoms with Gasteiger partial charge in [-0.05, 0) is 99.2 Å². The van der Waals surface area contributed by atoms with Crippen molar-refractivity contribution < 1.29 is 0 Å². The number of hydrogen-bond donors (Lipinski definition) is 0. The zero-order chi connectivity index (χ0) is 37.5. The lowest BCUT2D eigenvalue weighted by atomic mass is 9.67. The fourth-order valence-corrected chi connectivity index (χ4v) is 9.45. The standard InChI is InChI=1S/C53H41N3/c54-35-36-20-29-46-48(32-36)53(30-8-3-9-31-53)47-19-11-18-45(51(46)47)39-25-21-37(22-26-39)43-16-10-17-44(33-43)38-23-27-41(28-24-38)50-34-49(40-12-4-1-5-13-40)55-52(56-50)42-14-6-2-7-15-42/h1-2,4-7,10-27,29,32-34,41H,3,8-9,28,30-31H2. The van der Waals surface area contributed by atoms with Gasteiger partial charge < -0.3 is 0 Å². The second-order valence-corrected chi connectivity index (χ2v) is 15.5. The Morgan fingerprint density at radius 3 is 2.02 bits per heavy atom. The molecule has 7 aromatic rings. The molecule has 0 N–H and O–H groups in total. The van der Waals surface area contributed by atoms with Crippen LogP contribution in [-0.2, 0) is 5.41 Å². The van der Waals surface area contributed by atoms with Gasteiger partial charge in [-0.2, -0.15) is 5.26 Å². The number of aromatic nitrogens is 2. The lowest BCUT2D eigenvalue weighted by Crippen LogP contribution is -2.28. The maximum Gasteiger partial charge on any atom is 0.160 e. The molecule has 56 heavy (non-hydrogen) atoms. The topological polar surface area (TPSA) is 49.6 Å². The number of hydrogen-bond acceptors (Lipinski definition) is 3. The van der Waals surface area contributed by atoms with Crippen molar-refractivity contribution in [3.8, 4) is 62.1 Å². The zero-order valence-corrected chi connectivity index (χ0v) is 31.3. The molecular weight excluding hydrogens is 679 g/mol. The number of nitrogens with zero attached hydrogens (tertiary/aromatic N) is 3. The van der Waals surface area contributed by atoms with Gasteiger partial charge in [-0.25, -0.2) is 9.97 Å². The van der Waals surface area contributed by atoms with E-state index in [2.05, 4.69) is 146 Å². The molecule has 3 aliphatic rings. The summed E-state index contributed by atoms with van der Waals surface area (Å²) in [5.41, 5.74) is 17.7. The van der Waals surface area contributed by atoms with Crippen LogP contribution in [0.4, 0.5) is 0 Å². The Morgan fingerprint density at radius 2 is 1.27 bits per heavy atom. The molecule has 3 heteroatoms. The summed E-state index contributed by atoms with van der Waals surface area (Å²) in [5.74, 6) is 0.919. The van der Waals surface area contributed by atoms with Gasteiger partial charge in [0.1, 0.15) is 0 Å². The van der Waals surface area contributed by atoms with E-state index in [-0.39, 0.29) is 11.3 Å². The molecule has 1 fully saturated rings. The molecule has 3 aliphatic carbocycles.